The quantitative estimate of drug-likeness (QED) is 0.496. The van der Waals surface area contributed by atoms with E-state index in [2.05, 4.69) is 10.6 Å². The molecule has 0 radical (unpaired) electrons. The Kier molecular flexibility index (Phi) is 5.93. The molecule has 0 aromatic rings. The van der Waals surface area contributed by atoms with Gasteiger partial charge in [-0.05, 0) is 38.3 Å². The first-order chi connectivity index (χ1) is 8.13. The van der Waals surface area contributed by atoms with Crippen molar-refractivity contribution in [2.45, 2.75) is 31.7 Å². The zero-order chi connectivity index (χ0) is 12.7. The molecule has 1 aliphatic rings. The highest BCUT2D eigenvalue weighted by molar-refractivity contribution is 5.83. The van der Waals surface area contributed by atoms with Crippen molar-refractivity contribution in [3.8, 4) is 0 Å². The van der Waals surface area contributed by atoms with E-state index in [4.69, 9.17) is 10.2 Å². The summed E-state index contributed by atoms with van der Waals surface area (Å²) in [6.45, 7) is 1.40. The molecule has 0 bridgehead atoms. The Hall–Kier alpha value is -1.14. The molecule has 1 aliphatic heterocycles. The number of carbonyl (C=O) groups is 2. The van der Waals surface area contributed by atoms with Crippen LogP contribution in [0.3, 0.4) is 0 Å². The average molecular weight is 244 g/mol. The number of aliphatic carboxylic acids is 1. The van der Waals surface area contributed by atoms with Crippen molar-refractivity contribution < 1.29 is 19.8 Å². The number of rotatable bonds is 6. The van der Waals surface area contributed by atoms with Gasteiger partial charge in [-0.3, -0.25) is 4.79 Å². The third kappa shape index (κ3) is 5.14. The summed E-state index contributed by atoms with van der Waals surface area (Å²) in [4.78, 5) is 22.0. The lowest BCUT2D eigenvalue weighted by Crippen LogP contribution is -2.43. The third-order valence-corrected chi connectivity index (χ3v) is 3.05. The monoisotopic (exact) mass is 244 g/mol. The van der Waals surface area contributed by atoms with Gasteiger partial charge in [0.15, 0.2) is 0 Å². The van der Waals surface area contributed by atoms with E-state index in [1.807, 2.05) is 0 Å². The Morgan fingerprint density at radius 1 is 1.35 bits per heavy atom. The van der Waals surface area contributed by atoms with Crippen molar-refractivity contribution in [2.75, 3.05) is 19.7 Å². The molecule has 6 heteroatoms. The average Bonchev–Trinajstić information content (AvgIpc) is 2.34. The summed E-state index contributed by atoms with van der Waals surface area (Å²) >= 11 is 0. The van der Waals surface area contributed by atoms with Crippen LogP contribution < -0.4 is 10.6 Å². The summed E-state index contributed by atoms with van der Waals surface area (Å²) in [6.07, 6.45) is 3.24. The van der Waals surface area contributed by atoms with Crippen molar-refractivity contribution in [1.29, 1.82) is 0 Å². The fourth-order valence-electron chi connectivity index (χ4n) is 1.96. The Labute approximate surface area is 100 Å². The van der Waals surface area contributed by atoms with Crippen LogP contribution in [0.1, 0.15) is 25.7 Å². The number of piperidine rings is 1. The maximum Gasteiger partial charge on any atom is 0.328 e. The fraction of sp³-hybridized carbons (Fsp3) is 0.818. The number of aliphatic hydroxyl groups is 1. The van der Waals surface area contributed by atoms with E-state index in [1.165, 1.54) is 0 Å². The van der Waals surface area contributed by atoms with Gasteiger partial charge in [0.2, 0.25) is 5.91 Å². The molecule has 4 N–H and O–H groups in total. The van der Waals surface area contributed by atoms with Crippen LogP contribution in [0.15, 0.2) is 0 Å². The van der Waals surface area contributed by atoms with Crippen molar-refractivity contribution in [3.05, 3.63) is 0 Å². The zero-order valence-corrected chi connectivity index (χ0v) is 9.82. The molecule has 0 aromatic carbocycles. The number of nitrogens with one attached hydrogen (secondary N) is 2. The molecule has 1 fully saturated rings. The van der Waals surface area contributed by atoms with Crippen LogP contribution in [0.2, 0.25) is 0 Å². The number of carbonyl (C=O) groups excluding carboxylic acids is 1. The molecule has 1 heterocycles. The highest BCUT2D eigenvalue weighted by Crippen LogP contribution is 2.17. The van der Waals surface area contributed by atoms with E-state index in [1.54, 1.807) is 0 Å². The number of hydrogen-bond acceptors (Lipinski definition) is 4. The summed E-state index contributed by atoms with van der Waals surface area (Å²) in [5.41, 5.74) is 0. The van der Waals surface area contributed by atoms with Gasteiger partial charge in [0.05, 0.1) is 6.61 Å². The third-order valence-electron chi connectivity index (χ3n) is 3.05. The van der Waals surface area contributed by atoms with E-state index in [9.17, 15) is 9.59 Å². The second-order valence-corrected chi connectivity index (χ2v) is 4.37. The first kappa shape index (κ1) is 13.9. The molecular weight excluding hydrogens is 224 g/mol. The van der Waals surface area contributed by atoms with Gasteiger partial charge < -0.3 is 20.8 Å². The van der Waals surface area contributed by atoms with Gasteiger partial charge in [0.1, 0.15) is 6.04 Å². The van der Waals surface area contributed by atoms with E-state index >= 15 is 0 Å². The van der Waals surface area contributed by atoms with Gasteiger partial charge in [-0.15, -0.1) is 0 Å². The highest BCUT2D eigenvalue weighted by Gasteiger charge is 2.20. The Balaban J connectivity index is 2.21. The maximum absolute atomic E-state index is 11.5. The summed E-state index contributed by atoms with van der Waals surface area (Å²) < 4.78 is 0. The van der Waals surface area contributed by atoms with Crippen LogP contribution in [0.4, 0.5) is 0 Å². The minimum absolute atomic E-state index is 0.301. The number of aliphatic hydroxyl groups excluding tert-OH is 1. The molecule has 0 unspecified atom stereocenters. The van der Waals surface area contributed by atoms with Crippen molar-refractivity contribution in [2.24, 2.45) is 5.92 Å². The molecule has 0 saturated carbocycles. The molecule has 0 aliphatic carbocycles. The fourth-order valence-corrected chi connectivity index (χ4v) is 1.96. The van der Waals surface area contributed by atoms with E-state index < -0.39 is 18.6 Å². The van der Waals surface area contributed by atoms with Gasteiger partial charge in [-0.2, -0.15) is 0 Å². The molecule has 1 saturated heterocycles. The van der Waals surface area contributed by atoms with Crippen LogP contribution in [-0.2, 0) is 9.59 Å². The first-order valence-corrected chi connectivity index (χ1v) is 5.97. The van der Waals surface area contributed by atoms with E-state index in [-0.39, 0.29) is 5.91 Å². The van der Waals surface area contributed by atoms with Gasteiger partial charge in [-0.25, -0.2) is 4.79 Å². The maximum atomic E-state index is 11.5. The molecule has 98 valence electrons. The van der Waals surface area contributed by atoms with Crippen molar-refractivity contribution >= 4 is 11.9 Å². The molecule has 1 amide bonds. The number of hydrogen-bond donors (Lipinski definition) is 4. The predicted molar refractivity (Wildman–Crippen MR) is 61.5 cm³/mol. The molecule has 6 nitrogen and oxygen atoms in total. The van der Waals surface area contributed by atoms with Crippen molar-refractivity contribution in [1.82, 2.24) is 10.6 Å². The van der Waals surface area contributed by atoms with Crippen LogP contribution in [0.25, 0.3) is 0 Å². The van der Waals surface area contributed by atoms with Crippen LogP contribution in [-0.4, -0.2) is 47.8 Å². The zero-order valence-electron chi connectivity index (χ0n) is 9.82. The van der Waals surface area contributed by atoms with Crippen molar-refractivity contribution in [3.63, 3.8) is 0 Å². The topological polar surface area (TPSA) is 98.7 Å². The lowest BCUT2D eigenvalue weighted by molar-refractivity contribution is -0.143. The lowest BCUT2D eigenvalue weighted by Gasteiger charge is -2.22. The van der Waals surface area contributed by atoms with Gasteiger partial charge in [0.25, 0.3) is 0 Å². The Morgan fingerprint density at radius 2 is 2.00 bits per heavy atom. The number of carboxylic acid groups (broad SMARTS) is 1. The standard InChI is InChI=1S/C11H20N2O4/c14-7-9(11(16)17)13-10(15)2-1-8-3-5-12-6-4-8/h8-9,12,14H,1-7H2,(H,13,15)(H,16,17)/t9-/m1/s1. The minimum atomic E-state index is -1.21. The van der Waals surface area contributed by atoms with E-state index in [0.717, 1.165) is 32.4 Å². The summed E-state index contributed by atoms with van der Waals surface area (Å²) in [5, 5.41) is 23.0. The minimum Gasteiger partial charge on any atom is -0.480 e. The predicted octanol–water partition coefficient (Wildman–Crippen LogP) is -0.672. The highest BCUT2D eigenvalue weighted by atomic mass is 16.4. The first-order valence-electron chi connectivity index (χ1n) is 5.97. The molecule has 1 rings (SSSR count). The van der Waals surface area contributed by atoms with Gasteiger partial charge >= 0.3 is 5.97 Å². The molecule has 0 spiro atoms. The van der Waals surface area contributed by atoms with Crippen LogP contribution in [0.5, 0.6) is 0 Å². The lowest BCUT2D eigenvalue weighted by atomic mass is 9.93. The summed E-state index contributed by atoms with van der Waals surface area (Å²) in [5.74, 6) is -0.966. The smallest absolute Gasteiger partial charge is 0.328 e. The molecule has 1 atom stereocenters. The molecular formula is C11H20N2O4. The summed E-state index contributed by atoms with van der Waals surface area (Å²) in [6, 6.07) is -1.18. The van der Waals surface area contributed by atoms with Gasteiger partial charge in [0, 0.05) is 6.42 Å². The molecule has 17 heavy (non-hydrogen) atoms. The normalized spacial score (nSPS) is 18.6. The van der Waals surface area contributed by atoms with Crippen LogP contribution in [0, 0.1) is 5.92 Å². The second-order valence-electron chi connectivity index (χ2n) is 4.37. The van der Waals surface area contributed by atoms with Crippen LogP contribution >= 0.6 is 0 Å². The number of carboxylic acids is 1. The van der Waals surface area contributed by atoms with Gasteiger partial charge in [-0.1, -0.05) is 0 Å². The SMILES string of the molecule is O=C(CCC1CCNCC1)N[C@H](CO)C(=O)O. The molecule has 0 aromatic heterocycles. The Bertz CT molecular complexity index is 264. The number of amides is 1. The largest absolute Gasteiger partial charge is 0.480 e. The Morgan fingerprint density at radius 3 is 2.53 bits per heavy atom. The van der Waals surface area contributed by atoms with E-state index in [0.29, 0.717) is 12.3 Å². The summed E-state index contributed by atoms with van der Waals surface area (Å²) in [7, 11) is 0. The second kappa shape index (κ2) is 7.24.